The smallest absolute Gasteiger partial charge is 0.336 e. The molecule has 2 aliphatic rings. The number of ether oxygens (including phenoxy) is 5. The molecule has 15 heteroatoms. The molecule has 0 radical (unpaired) electrons. The van der Waals surface area contributed by atoms with Crippen molar-refractivity contribution >= 4 is 11.0 Å². The predicted octanol–water partition coefficient (Wildman–Crippen LogP) is -1.48. The van der Waals surface area contributed by atoms with Crippen molar-refractivity contribution in [2.45, 2.75) is 48.7 Å². The molecule has 8 atom stereocenters. The molecule has 8 N–H and O–H groups in total. The molecular weight excluding hydrogens is 564 g/mol. The van der Waals surface area contributed by atoms with Gasteiger partial charge in [0.2, 0.25) is 6.29 Å². The molecule has 0 unspecified atom stereocenters. The van der Waals surface area contributed by atoms with Gasteiger partial charge < -0.3 is 69.0 Å². The molecule has 2 fully saturated rings. The summed E-state index contributed by atoms with van der Waals surface area (Å²) in [4.78, 5) is 12.4. The Morgan fingerprint density at radius 3 is 2.40 bits per heavy atom. The maximum Gasteiger partial charge on any atom is 0.336 e. The number of aromatic hydroxyl groups is 2. The molecule has 42 heavy (non-hydrogen) atoms. The van der Waals surface area contributed by atoms with Gasteiger partial charge in [-0.25, -0.2) is 4.79 Å². The SMILES string of the molecule is COc1cc(O[C@H]2O[C@@H](CO[C@@H]3OC[C@@](O)(CO)[C@H]3O)[C@@H](O)[C@@H](O)[C@H]2O)c2c(-c3ccc(O)c(O)c3)cc(=O)oc2c1. The highest BCUT2D eigenvalue weighted by Crippen LogP contribution is 2.41. The molecule has 2 aromatic carbocycles. The van der Waals surface area contributed by atoms with E-state index in [0.717, 1.165) is 6.07 Å². The zero-order chi connectivity index (χ0) is 30.3. The third-order valence-electron chi connectivity index (χ3n) is 7.22. The van der Waals surface area contributed by atoms with E-state index in [1.165, 1.54) is 37.4 Å². The highest BCUT2D eigenvalue weighted by atomic mass is 16.7. The van der Waals surface area contributed by atoms with Crippen LogP contribution >= 0.6 is 0 Å². The van der Waals surface area contributed by atoms with Gasteiger partial charge in [0.05, 0.1) is 32.3 Å². The quantitative estimate of drug-likeness (QED) is 0.110. The molecule has 228 valence electrons. The zero-order valence-electron chi connectivity index (χ0n) is 22.1. The van der Waals surface area contributed by atoms with Crippen molar-refractivity contribution in [1.29, 1.82) is 0 Å². The molecule has 0 amide bonds. The van der Waals surface area contributed by atoms with Gasteiger partial charge in [-0.2, -0.15) is 0 Å². The molecule has 0 aliphatic carbocycles. The van der Waals surface area contributed by atoms with E-state index in [1.54, 1.807) is 0 Å². The van der Waals surface area contributed by atoms with E-state index in [-0.39, 0.29) is 33.8 Å². The Balaban J connectivity index is 1.47. The summed E-state index contributed by atoms with van der Waals surface area (Å²) in [6.45, 7) is -1.71. The van der Waals surface area contributed by atoms with E-state index < -0.39 is 79.9 Å². The minimum Gasteiger partial charge on any atom is -0.504 e. The Hall–Kier alpha value is -3.51. The van der Waals surface area contributed by atoms with E-state index in [0.29, 0.717) is 5.56 Å². The number of phenolic OH excluding ortho intramolecular Hbond substituents is 2. The zero-order valence-corrected chi connectivity index (χ0v) is 22.1. The molecule has 3 heterocycles. The van der Waals surface area contributed by atoms with Gasteiger partial charge in [-0.3, -0.25) is 0 Å². The van der Waals surface area contributed by atoms with E-state index in [2.05, 4.69) is 0 Å². The van der Waals surface area contributed by atoms with Crippen LogP contribution in [0.4, 0.5) is 0 Å². The standard InChI is InChI=1S/C27H30O15/c1-37-12-5-16-20(13(7-19(31)40-16)11-2-3-14(29)15(30)4-11)17(6-12)41-25-23(34)22(33)21(32)18(42-25)8-38-26-24(35)27(36,9-28)10-39-26/h2-7,18,21-26,28-30,32-36H,8-10H2,1H3/t18-,21+,22+,23+,24-,25-,26+,27-/m0/s1. The summed E-state index contributed by atoms with van der Waals surface area (Å²) in [5, 5.41) is 81.5. The van der Waals surface area contributed by atoms with Crippen molar-refractivity contribution < 1.29 is 69.0 Å². The number of aliphatic hydroxyl groups excluding tert-OH is 5. The summed E-state index contributed by atoms with van der Waals surface area (Å²) >= 11 is 0. The second-order valence-electron chi connectivity index (χ2n) is 10.0. The van der Waals surface area contributed by atoms with Crippen molar-refractivity contribution in [3.8, 4) is 34.1 Å². The van der Waals surface area contributed by atoms with Crippen molar-refractivity contribution in [3.63, 3.8) is 0 Å². The fourth-order valence-corrected chi connectivity index (χ4v) is 4.77. The van der Waals surface area contributed by atoms with Gasteiger partial charge in [-0.05, 0) is 17.7 Å². The van der Waals surface area contributed by atoms with Crippen LogP contribution in [0.1, 0.15) is 0 Å². The van der Waals surface area contributed by atoms with E-state index in [1.807, 2.05) is 0 Å². The van der Waals surface area contributed by atoms with Crippen LogP contribution in [0.5, 0.6) is 23.0 Å². The maximum atomic E-state index is 12.4. The average Bonchev–Trinajstić information content (AvgIpc) is 3.26. The third kappa shape index (κ3) is 5.49. The summed E-state index contributed by atoms with van der Waals surface area (Å²) < 4.78 is 32.9. The average molecular weight is 595 g/mol. The van der Waals surface area contributed by atoms with E-state index in [4.69, 9.17) is 28.1 Å². The normalized spacial score (nSPS) is 31.4. The van der Waals surface area contributed by atoms with Crippen molar-refractivity contribution in [2.24, 2.45) is 0 Å². The van der Waals surface area contributed by atoms with Crippen LogP contribution in [0, 0.1) is 0 Å². The number of aliphatic hydroxyl groups is 6. The predicted molar refractivity (Wildman–Crippen MR) is 139 cm³/mol. The van der Waals surface area contributed by atoms with Gasteiger partial charge in [0, 0.05) is 23.8 Å². The first kappa shape index (κ1) is 30.0. The summed E-state index contributed by atoms with van der Waals surface area (Å²) in [5.74, 6) is -0.712. The Bertz CT molecular complexity index is 1490. The largest absolute Gasteiger partial charge is 0.504 e. The Kier molecular flexibility index (Phi) is 8.30. The van der Waals surface area contributed by atoms with Crippen molar-refractivity contribution in [2.75, 3.05) is 26.9 Å². The highest BCUT2D eigenvalue weighted by molar-refractivity contribution is 5.98. The summed E-state index contributed by atoms with van der Waals surface area (Å²) in [5.41, 5.74) is -2.20. The number of rotatable bonds is 8. The number of benzene rings is 2. The lowest BCUT2D eigenvalue weighted by atomic mass is 9.98. The lowest BCUT2D eigenvalue weighted by molar-refractivity contribution is -0.289. The molecule has 2 saturated heterocycles. The first-order chi connectivity index (χ1) is 19.9. The number of hydrogen-bond acceptors (Lipinski definition) is 15. The Morgan fingerprint density at radius 2 is 1.74 bits per heavy atom. The molecule has 2 aliphatic heterocycles. The van der Waals surface area contributed by atoms with Crippen LogP contribution < -0.4 is 15.1 Å². The minimum atomic E-state index is -1.95. The number of hydrogen-bond donors (Lipinski definition) is 8. The number of methoxy groups -OCH3 is 1. The van der Waals surface area contributed by atoms with Gasteiger partial charge in [0.15, 0.2) is 17.8 Å². The first-order valence-electron chi connectivity index (χ1n) is 12.7. The molecule has 3 aromatic rings. The van der Waals surface area contributed by atoms with Crippen LogP contribution in [0.2, 0.25) is 0 Å². The fourth-order valence-electron chi connectivity index (χ4n) is 4.77. The van der Waals surface area contributed by atoms with Crippen LogP contribution in [-0.4, -0.2) is 116 Å². The van der Waals surface area contributed by atoms with E-state index in [9.17, 15) is 45.6 Å². The maximum absolute atomic E-state index is 12.4. The van der Waals surface area contributed by atoms with Crippen molar-refractivity contribution in [1.82, 2.24) is 0 Å². The summed E-state index contributed by atoms with van der Waals surface area (Å²) in [7, 11) is 1.35. The summed E-state index contributed by atoms with van der Waals surface area (Å²) in [6.07, 6.45) is -11.2. The Morgan fingerprint density at radius 1 is 0.976 bits per heavy atom. The molecule has 1 aromatic heterocycles. The lowest BCUT2D eigenvalue weighted by Crippen LogP contribution is -2.60. The molecule has 15 nitrogen and oxygen atoms in total. The second kappa shape index (κ2) is 11.6. The first-order valence-corrected chi connectivity index (χ1v) is 12.7. The third-order valence-corrected chi connectivity index (χ3v) is 7.22. The topological polar surface area (TPSA) is 238 Å². The van der Waals surface area contributed by atoms with Crippen molar-refractivity contribution in [3.05, 3.63) is 46.8 Å². The second-order valence-corrected chi connectivity index (χ2v) is 10.0. The van der Waals surface area contributed by atoms with Gasteiger partial charge in [-0.15, -0.1) is 0 Å². The lowest BCUT2D eigenvalue weighted by Gasteiger charge is -2.40. The van der Waals surface area contributed by atoms with Gasteiger partial charge >= 0.3 is 5.63 Å². The molecule has 0 saturated carbocycles. The van der Waals surface area contributed by atoms with Gasteiger partial charge in [0.25, 0.3) is 0 Å². The van der Waals surface area contributed by atoms with E-state index >= 15 is 0 Å². The fraction of sp³-hybridized carbons (Fsp3) is 0.444. The van der Waals surface area contributed by atoms with Crippen LogP contribution in [0.25, 0.3) is 22.1 Å². The van der Waals surface area contributed by atoms with Gasteiger partial charge in [0.1, 0.15) is 53.2 Å². The molecule has 0 bridgehead atoms. The summed E-state index contributed by atoms with van der Waals surface area (Å²) in [6, 6.07) is 7.80. The molecular formula is C27H30O15. The highest BCUT2D eigenvalue weighted by Gasteiger charge is 2.50. The van der Waals surface area contributed by atoms with Crippen LogP contribution in [0.3, 0.4) is 0 Å². The minimum absolute atomic E-state index is 0.00563. The molecule has 5 rings (SSSR count). The number of phenols is 2. The van der Waals surface area contributed by atoms with Gasteiger partial charge in [-0.1, -0.05) is 6.07 Å². The Labute approximate surface area is 236 Å². The molecule has 0 spiro atoms. The van der Waals surface area contributed by atoms with Crippen LogP contribution in [-0.2, 0) is 14.2 Å². The number of fused-ring (bicyclic) bond motifs is 1. The van der Waals surface area contributed by atoms with Crippen LogP contribution in [0.15, 0.2) is 45.6 Å². The monoisotopic (exact) mass is 594 g/mol.